The molecular formula is C20H22ClNO. The second-order valence-electron chi connectivity index (χ2n) is 5.77. The van der Waals surface area contributed by atoms with Gasteiger partial charge in [-0.15, -0.1) is 12.4 Å². The molecule has 0 unspecified atom stereocenters. The number of rotatable bonds is 5. The topological polar surface area (TPSA) is 16.4 Å². The molecule has 3 heteroatoms. The Hall–Kier alpha value is -2.03. The lowest BCUT2D eigenvalue weighted by molar-refractivity contribution is 0.363. The van der Waals surface area contributed by atoms with Crippen molar-refractivity contribution < 1.29 is 4.42 Å². The average Bonchev–Trinajstić information content (AvgIpc) is 2.99. The molecule has 0 saturated heterocycles. The van der Waals surface area contributed by atoms with Gasteiger partial charge in [0.2, 0.25) is 0 Å². The van der Waals surface area contributed by atoms with Crippen molar-refractivity contribution >= 4 is 29.5 Å². The van der Waals surface area contributed by atoms with Crippen LogP contribution in [0, 0.1) is 6.92 Å². The van der Waals surface area contributed by atoms with Crippen LogP contribution in [0.5, 0.6) is 0 Å². The van der Waals surface area contributed by atoms with Crippen LogP contribution in [0.2, 0.25) is 0 Å². The van der Waals surface area contributed by atoms with E-state index in [1.54, 1.807) is 6.26 Å². The molecule has 0 saturated carbocycles. The Morgan fingerprint density at radius 3 is 2.61 bits per heavy atom. The monoisotopic (exact) mass is 327 g/mol. The normalized spacial score (nSPS) is 11.3. The summed E-state index contributed by atoms with van der Waals surface area (Å²) in [6.07, 6.45) is 6.13. The van der Waals surface area contributed by atoms with Gasteiger partial charge in [0.25, 0.3) is 0 Å². The molecular weight excluding hydrogens is 306 g/mol. The van der Waals surface area contributed by atoms with E-state index in [9.17, 15) is 0 Å². The van der Waals surface area contributed by atoms with Gasteiger partial charge in [-0.3, -0.25) is 4.90 Å². The number of para-hydroxylation sites is 1. The standard InChI is InChI=1S/C20H21NO.ClH/c1-16-8-10-17(11-9-16)5-4-13-21(2)15-19-7-3-6-18-12-14-22-20(18)19;/h3-12,14H,13,15H2,1-2H3;1H/b5-4+;. The maximum Gasteiger partial charge on any atom is 0.138 e. The maximum absolute atomic E-state index is 5.59. The van der Waals surface area contributed by atoms with Gasteiger partial charge in [-0.05, 0) is 25.6 Å². The lowest BCUT2D eigenvalue weighted by atomic mass is 10.1. The summed E-state index contributed by atoms with van der Waals surface area (Å²) in [5, 5.41) is 1.17. The van der Waals surface area contributed by atoms with Crippen LogP contribution >= 0.6 is 12.4 Å². The zero-order valence-electron chi connectivity index (χ0n) is 13.5. The van der Waals surface area contributed by atoms with Gasteiger partial charge < -0.3 is 4.42 Å². The van der Waals surface area contributed by atoms with E-state index in [0.717, 1.165) is 18.7 Å². The molecule has 0 aliphatic carbocycles. The number of likely N-dealkylation sites (N-methyl/N-ethyl adjacent to an activating group) is 1. The van der Waals surface area contributed by atoms with Crippen LogP contribution in [0.1, 0.15) is 16.7 Å². The Morgan fingerprint density at radius 2 is 1.83 bits per heavy atom. The van der Waals surface area contributed by atoms with Crippen molar-refractivity contribution in [3.63, 3.8) is 0 Å². The van der Waals surface area contributed by atoms with Crippen molar-refractivity contribution in [1.82, 2.24) is 4.90 Å². The number of aryl methyl sites for hydroxylation is 1. The number of hydrogen-bond acceptors (Lipinski definition) is 2. The highest BCUT2D eigenvalue weighted by Crippen LogP contribution is 2.20. The van der Waals surface area contributed by atoms with Gasteiger partial charge >= 0.3 is 0 Å². The van der Waals surface area contributed by atoms with Gasteiger partial charge in [-0.25, -0.2) is 0 Å². The van der Waals surface area contributed by atoms with E-state index in [4.69, 9.17) is 4.42 Å². The lowest BCUT2D eigenvalue weighted by Gasteiger charge is -2.14. The van der Waals surface area contributed by atoms with Crippen molar-refractivity contribution in [2.24, 2.45) is 0 Å². The quantitative estimate of drug-likeness (QED) is 0.631. The van der Waals surface area contributed by atoms with E-state index in [1.165, 1.54) is 22.1 Å². The summed E-state index contributed by atoms with van der Waals surface area (Å²) >= 11 is 0. The van der Waals surface area contributed by atoms with E-state index < -0.39 is 0 Å². The molecule has 0 bridgehead atoms. The zero-order valence-corrected chi connectivity index (χ0v) is 14.3. The van der Waals surface area contributed by atoms with E-state index in [2.05, 4.69) is 73.5 Å². The van der Waals surface area contributed by atoms with Crippen LogP contribution in [0.3, 0.4) is 0 Å². The van der Waals surface area contributed by atoms with E-state index in [0.29, 0.717) is 0 Å². The summed E-state index contributed by atoms with van der Waals surface area (Å²) in [6.45, 7) is 3.89. The van der Waals surface area contributed by atoms with Crippen molar-refractivity contribution in [3.05, 3.63) is 77.6 Å². The first-order chi connectivity index (χ1) is 10.7. The number of benzene rings is 2. The molecule has 0 radical (unpaired) electrons. The van der Waals surface area contributed by atoms with Crippen LogP contribution in [-0.4, -0.2) is 18.5 Å². The van der Waals surface area contributed by atoms with Gasteiger partial charge in [0.1, 0.15) is 5.58 Å². The molecule has 0 N–H and O–H groups in total. The Bertz CT molecular complexity index is 774. The Morgan fingerprint density at radius 1 is 1.04 bits per heavy atom. The Kier molecular flexibility index (Phi) is 6.03. The molecule has 23 heavy (non-hydrogen) atoms. The van der Waals surface area contributed by atoms with Gasteiger partial charge in [0, 0.05) is 24.0 Å². The molecule has 3 aromatic rings. The predicted octanol–water partition coefficient (Wildman–Crippen LogP) is 5.31. The highest BCUT2D eigenvalue weighted by molar-refractivity contribution is 5.85. The zero-order chi connectivity index (χ0) is 15.4. The largest absolute Gasteiger partial charge is 0.464 e. The minimum absolute atomic E-state index is 0. The van der Waals surface area contributed by atoms with Crippen LogP contribution in [0.25, 0.3) is 17.0 Å². The molecule has 0 aliphatic rings. The third kappa shape index (κ3) is 4.47. The molecule has 0 aliphatic heterocycles. The number of fused-ring (bicyclic) bond motifs is 1. The Labute approximate surface area is 143 Å². The van der Waals surface area contributed by atoms with Crippen molar-refractivity contribution in [2.45, 2.75) is 13.5 Å². The highest BCUT2D eigenvalue weighted by Gasteiger charge is 2.05. The lowest BCUT2D eigenvalue weighted by Crippen LogP contribution is -2.17. The number of hydrogen-bond donors (Lipinski definition) is 0. The molecule has 3 rings (SSSR count). The molecule has 2 nitrogen and oxygen atoms in total. The SMILES string of the molecule is Cc1ccc(/C=C/CN(C)Cc2cccc3ccoc23)cc1.Cl. The summed E-state index contributed by atoms with van der Waals surface area (Å²) < 4.78 is 5.59. The summed E-state index contributed by atoms with van der Waals surface area (Å²) in [5.74, 6) is 0. The molecule has 0 fully saturated rings. The smallest absolute Gasteiger partial charge is 0.138 e. The van der Waals surface area contributed by atoms with Crippen LogP contribution in [0.15, 0.2) is 65.3 Å². The van der Waals surface area contributed by atoms with Crippen molar-refractivity contribution in [3.8, 4) is 0 Å². The fraction of sp³-hybridized carbons (Fsp3) is 0.200. The summed E-state index contributed by atoms with van der Waals surface area (Å²) in [7, 11) is 2.13. The van der Waals surface area contributed by atoms with Gasteiger partial charge in [0.15, 0.2) is 0 Å². The minimum atomic E-state index is 0. The maximum atomic E-state index is 5.59. The van der Waals surface area contributed by atoms with Gasteiger partial charge in [0.05, 0.1) is 6.26 Å². The summed E-state index contributed by atoms with van der Waals surface area (Å²) in [6, 6.07) is 16.9. The second kappa shape index (κ2) is 8.00. The Balaban J connectivity index is 0.00000192. The molecule has 120 valence electrons. The van der Waals surface area contributed by atoms with Crippen LogP contribution < -0.4 is 0 Å². The first-order valence-corrected chi connectivity index (χ1v) is 7.59. The minimum Gasteiger partial charge on any atom is -0.464 e. The van der Waals surface area contributed by atoms with Crippen LogP contribution in [0.4, 0.5) is 0 Å². The van der Waals surface area contributed by atoms with Crippen molar-refractivity contribution in [1.29, 1.82) is 0 Å². The second-order valence-corrected chi connectivity index (χ2v) is 5.77. The molecule has 0 spiro atoms. The van der Waals surface area contributed by atoms with E-state index in [1.807, 2.05) is 6.07 Å². The third-order valence-electron chi connectivity index (χ3n) is 3.81. The van der Waals surface area contributed by atoms with Gasteiger partial charge in [-0.1, -0.05) is 60.2 Å². The van der Waals surface area contributed by atoms with Crippen LogP contribution in [-0.2, 0) is 6.54 Å². The van der Waals surface area contributed by atoms with Crippen molar-refractivity contribution in [2.75, 3.05) is 13.6 Å². The summed E-state index contributed by atoms with van der Waals surface area (Å²) in [4.78, 5) is 2.28. The fourth-order valence-electron chi connectivity index (χ4n) is 2.58. The summed E-state index contributed by atoms with van der Waals surface area (Å²) in [5.41, 5.74) is 4.76. The number of nitrogens with zero attached hydrogens (tertiary/aromatic N) is 1. The number of halogens is 1. The molecule has 0 atom stereocenters. The average molecular weight is 328 g/mol. The van der Waals surface area contributed by atoms with E-state index >= 15 is 0 Å². The first kappa shape index (κ1) is 17.3. The van der Waals surface area contributed by atoms with Gasteiger partial charge in [-0.2, -0.15) is 0 Å². The third-order valence-corrected chi connectivity index (χ3v) is 3.81. The molecule has 1 aromatic heterocycles. The molecule has 2 aromatic carbocycles. The molecule has 1 heterocycles. The highest BCUT2D eigenvalue weighted by atomic mass is 35.5. The fourth-order valence-corrected chi connectivity index (χ4v) is 2.58. The first-order valence-electron chi connectivity index (χ1n) is 7.59. The van der Waals surface area contributed by atoms with E-state index in [-0.39, 0.29) is 12.4 Å². The number of furan rings is 1. The predicted molar refractivity (Wildman–Crippen MR) is 100 cm³/mol. The molecule has 0 amide bonds.